The van der Waals surface area contributed by atoms with Crippen molar-refractivity contribution in [1.29, 1.82) is 5.26 Å². The Kier molecular flexibility index (Phi) is 5.27. The lowest BCUT2D eigenvalue weighted by molar-refractivity contribution is -0.134. The molecule has 5 aliphatic rings. The van der Waals surface area contributed by atoms with E-state index in [9.17, 15) is 24.4 Å². The second kappa shape index (κ2) is 8.74. The fourth-order valence-electron chi connectivity index (χ4n) is 8.31. The first-order valence-electron chi connectivity index (χ1n) is 15.2. The zero-order chi connectivity index (χ0) is 30.8. The maximum absolute atomic E-state index is 14.1. The van der Waals surface area contributed by atoms with Gasteiger partial charge in [0.2, 0.25) is 11.8 Å². The molecular weight excluding hydrogens is 552 g/mol. The molecule has 0 spiro atoms. The van der Waals surface area contributed by atoms with E-state index < -0.39 is 23.3 Å². The fourth-order valence-corrected chi connectivity index (χ4v) is 8.31. The minimum absolute atomic E-state index is 0.159. The maximum atomic E-state index is 14.1. The van der Waals surface area contributed by atoms with E-state index in [2.05, 4.69) is 10.9 Å². The molecule has 1 fully saturated rings. The maximum Gasteiger partial charge on any atom is 0.261 e. The fraction of sp³-hybridized carbons (Fsp3) is 0.333. The van der Waals surface area contributed by atoms with Gasteiger partial charge in [-0.3, -0.25) is 29.0 Å². The SMILES string of the molecule is [C-]#[N+]c1cc2c3c4c(c5c6c7c(ccc6c14)C(=O)N(C1CCCCC1)C(=O)C7C=C5C#N)C=CC3C(=O)N(C(C)(C)C)C2=O. The summed E-state index contributed by atoms with van der Waals surface area (Å²) in [5.74, 6) is -2.92. The van der Waals surface area contributed by atoms with Crippen LogP contribution in [-0.4, -0.2) is 45.0 Å². The highest BCUT2D eigenvalue weighted by atomic mass is 16.2. The summed E-state index contributed by atoms with van der Waals surface area (Å²) in [6.07, 6.45) is 9.82. The van der Waals surface area contributed by atoms with Crippen molar-refractivity contribution in [2.45, 2.75) is 76.3 Å². The van der Waals surface area contributed by atoms with Gasteiger partial charge in [-0.25, -0.2) is 4.85 Å². The summed E-state index contributed by atoms with van der Waals surface area (Å²) in [5.41, 5.74) is 2.87. The number of rotatable bonds is 1. The Hall–Kier alpha value is -5.08. The molecule has 8 rings (SSSR count). The number of carbonyl (C=O) groups is 4. The van der Waals surface area contributed by atoms with Gasteiger partial charge in [0, 0.05) is 28.3 Å². The minimum Gasteiger partial charge on any atom is -0.275 e. The van der Waals surface area contributed by atoms with Crippen molar-refractivity contribution in [3.8, 4) is 6.07 Å². The van der Waals surface area contributed by atoms with E-state index >= 15 is 0 Å². The predicted molar refractivity (Wildman–Crippen MR) is 165 cm³/mol. The zero-order valence-electron chi connectivity index (χ0n) is 24.7. The molecule has 1 saturated carbocycles. The molecule has 2 aliphatic heterocycles. The molecule has 8 nitrogen and oxygen atoms in total. The van der Waals surface area contributed by atoms with Crippen molar-refractivity contribution in [1.82, 2.24) is 9.80 Å². The van der Waals surface area contributed by atoms with Gasteiger partial charge < -0.3 is 0 Å². The number of amides is 4. The van der Waals surface area contributed by atoms with Crippen molar-refractivity contribution >= 4 is 62.5 Å². The summed E-state index contributed by atoms with van der Waals surface area (Å²) in [4.78, 5) is 62.4. The molecule has 4 amide bonds. The molecule has 3 aliphatic carbocycles. The van der Waals surface area contributed by atoms with E-state index in [0.717, 1.165) is 32.1 Å². The van der Waals surface area contributed by atoms with Gasteiger partial charge in [-0.15, -0.1) is 0 Å². The van der Waals surface area contributed by atoms with Crippen LogP contribution in [0.3, 0.4) is 0 Å². The Bertz CT molecular complexity index is 2110. The van der Waals surface area contributed by atoms with E-state index in [1.165, 1.54) is 9.80 Å². The monoisotopic (exact) mass is 580 g/mol. The molecule has 0 N–H and O–H groups in total. The van der Waals surface area contributed by atoms with Crippen LogP contribution in [0.25, 0.3) is 38.0 Å². The molecule has 2 unspecified atom stereocenters. The molecule has 0 bridgehead atoms. The Morgan fingerprint density at radius 3 is 2.32 bits per heavy atom. The molecule has 216 valence electrons. The van der Waals surface area contributed by atoms with Crippen LogP contribution in [0.2, 0.25) is 0 Å². The second-order valence-corrected chi connectivity index (χ2v) is 13.4. The lowest BCUT2D eigenvalue weighted by atomic mass is 9.70. The summed E-state index contributed by atoms with van der Waals surface area (Å²) in [6.45, 7) is 13.6. The van der Waals surface area contributed by atoms with Crippen LogP contribution in [0, 0.1) is 17.9 Å². The molecule has 3 aromatic rings. The molecule has 44 heavy (non-hydrogen) atoms. The summed E-state index contributed by atoms with van der Waals surface area (Å²) >= 11 is 0. The normalized spacial score (nSPS) is 22.4. The van der Waals surface area contributed by atoms with Crippen LogP contribution in [0.4, 0.5) is 5.69 Å². The average molecular weight is 581 g/mol. The second-order valence-electron chi connectivity index (χ2n) is 13.4. The highest BCUT2D eigenvalue weighted by Gasteiger charge is 2.48. The van der Waals surface area contributed by atoms with Gasteiger partial charge in [-0.05, 0) is 90.1 Å². The standard InChI is InChI=1S/C36H28N4O4/c1-36(2,3)40-34(43)22-13-10-19-26-17(16-37)14-23-27-21(32(41)39(33(23)42)18-8-6-5-7-9-18)12-11-20(30(26)27)29-25(38-4)15-24(35(40)44)28(22)31(19)29/h10-15,18,22-23H,5-9H2,1-3H3. The van der Waals surface area contributed by atoms with E-state index in [1.54, 1.807) is 24.3 Å². The van der Waals surface area contributed by atoms with Crippen molar-refractivity contribution in [3.05, 3.63) is 75.1 Å². The largest absolute Gasteiger partial charge is 0.275 e. The highest BCUT2D eigenvalue weighted by Crippen LogP contribution is 2.54. The highest BCUT2D eigenvalue weighted by molar-refractivity contribution is 6.30. The molecule has 8 heteroatoms. The van der Waals surface area contributed by atoms with Gasteiger partial charge in [0.15, 0.2) is 5.69 Å². The number of hydrogen-bond donors (Lipinski definition) is 0. The van der Waals surface area contributed by atoms with Gasteiger partial charge in [0.05, 0.1) is 30.1 Å². The first kappa shape index (κ1) is 26.5. The lowest BCUT2D eigenvalue weighted by Gasteiger charge is -2.42. The van der Waals surface area contributed by atoms with Crippen LogP contribution < -0.4 is 0 Å². The zero-order valence-corrected chi connectivity index (χ0v) is 24.7. The van der Waals surface area contributed by atoms with Crippen LogP contribution in [0.5, 0.6) is 0 Å². The molecular formula is C36H28N4O4. The van der Waals surface area contributed by atoms with Crippen molar-refractivity contribution in [3.63, 3.8) is 0 Å². The molecule has 2 heterocycles. The van der Waals surface area contributed by atoms with Gasteiger partial charge in [-0.2, -0.15) is 5.26 Å². The summed E-state index contributed by atoms with van der Waals surface area (Å²) in [6, 6.07) is 7.29. The van der Waals surface area contributed by atoms with Crippen molar-refractivity contribution in [2.24, 2.45) is 0 Å². The van der Waals surface area contributed by atoms with Crippen LogP contribution in [0.1, 0.15) is 108 Å². The predicted octanol–water partition coefficient (Wildman–Crippen LogP) is 6.75. The number of allylic oxidation sites excluding steroid dienone is 1. The third-order valence-corrected chi connectivity index (χ3v) is 10.1. The van der Waals surface area contributed by atoms with Gasteiger partial charge in [-0.1, -0.05) is 37.5 Å². The van der Waals surface area contributed by atoms with Crippen molar-refractivity contribution < 1.29 is 19.2 Å². The van der Waals surface area contributed by atoms with E-state index in [0.29, 0.717) is 60.5 Å². The smallest absolute Gasteiger partial charge is 0.261 e. The van der Waals surface area contributed by atoms with Gasteiger partial charge >= 0.3 is 0 Å². The lowest BCUT2D eigenvalue weighted by Crippen LogP contribution is -2.54. The number of fused-ring (bicyclic) bond motifs is 2. The molecule has 0 saturated heterocycles. The number of nitriles is 1. The van der Waals surface area contributed by atoms with E-state index in [-0.39, 0.29) is 29.5 Å². The summed E-state index contributed by atoms with van der Waals surface area (Å²) in [7, 11) is 0. The van der Waals surface area contributed by atoms with Gasteiger partial charge in [0.1, 0.15) is 0 Å². The van der Waals surface area contributed by atoms with Crippen LogP contribution in [-0.2, 0) is 9.59 Å². The average Bonchev–Trinajstić information content (AvgIpc) is 3.01. The minimum atomic E-state index is -0.794. The first-order valence-corrected chi connectivity index (χ1v) is 15.2. The molecule has 0 radical (unpaired) electrons. The third-order valence-electron chi connectivity index (χ3n) is 10.1. The van der Waals surface area contributed by atoms with Crippen LogP contribution >= 0.6 is 0 Å². The third kappa shape index (κ3) is 3.15. The summed E-state index contributed by atoms with van der Waals surface area (Å²) in [5, 5.41) is 12.9. The van der Waals surface area contributed by atoms with E-state index in [1.807, 2.05) is 32.9 Å². The summed E-state index contributed by atoms with van der Waals surface area (Å²) < 4.78 is 0. The van der Waals surface area contributed by atoms with Crippen molar-refractivity contribution in [2.75, 3.05) is 0 Å². The number of hydrogen-bond acceptors (Lipinski definition) is 5. The number of benzene rings is 3. The quantitative estimate of drug-likeness (QED) is 0.180. The number of carbonyl (C=O) groups excluding carboxylic acids is 4. The Labute approximate surface area is 254 Å². The Balaban J connectivity index is 1.49. The van der Waals surface area contributed by atoms with Gasteiger partial charge in [0.25, 0.3) is 11.8 Å². The molecule has 3 aromatic carbocycles. The number of nitrogens with zero attached hydrogens (tertiary/aromatic N) is 4. The Morgan fingerprint density at radius 1 is 0.909 bits per heavy atom. The number of imide groups is 2. The van der Waals surface area contributed by atoms with E-state index in [4.69, 9.17) is 6.57 Å². The first-order chi connectivity index (χ1) is 21.1. The van der Waals surface area contributed by atoms with Crippen LogP contribution in [0.15, 0.2) is 30.4 Å². The molecule has 0 aromatic heterocycles. The topological polar surface area (TPSA) is 103 Å². The Morgan fingerprint density at radius 2 is 1.64 bits per heavy atom. The molecule has 2 atom stereocenters.